The zero-order valence-corrected chi connectivity index (χ0v) is 25.7. The van der Waals surface area contributed by atoms with Crippen LogP contribution in [0.15, 0.2) is 117 Å². The van der Waals surface area contributed by atoms with E-state index in [2.05, 4.69) is 0 Å². The first-order valence-corrected chi connectivity index (χ1v) is 16.4. The summed E-state index contributed by atoms with van der Waals surface area (Å²) in [6.45, 7) is 6.84. The first-order chi connectivity index (χ1) is 20.3. The Morgan fingerprint density at radius 1 is 0.512 bits per heavy atom. The maximum atomic E-state index is 13.0. The van der Waals surface area contributed by atoms with Crippen LogP contribution in [0.2, 0.25) is 0 Å². The van der Waals surface area contributed by atoms with Gasteiger partial charge >= 0.3 is 0 Å². The fraction of sp³-hybridized carbons (Fsp3) is 0.250. The van der Waals surface area contributed by atoms with Gasteiger partial charge in [0.2, 0.25) is 19.7 Å². The fourth-order valence-electron chi connectivity index (χ4n) is 3.91. The van der Waals surface area contributed by atoms with E-state index >= 15 is 0 Å². The zero-order chi connectivity index (χ0) is 31.1. The second-order valence-electron chi connectivity index (χ2n) is 10.4. The minimum absolute atomic E-state index is 0.0100. The summed E-state index contributed by atoms with van der Waals surface area (Å²) in [5, 5.41) is 9.38. The number of phenolic OH excluding ortho intramolecular Hbond substituents is 1. The second-order valence-corrected chi connectivity index (χ2v) is 14.3. The number of sulfone groups is 2. The van der Waals surface area contributed by atoms with Crippen LogP contribution in [0.1, 0.15) is 20.8 Å². The molecule has 11 heteroatoms. The van der Waals surface area contributed by atoms with Crippen LogP contribution < -0.4 is 14.2 Å². The molecule has 9 nitrogen and oxygen atoms in total. The highest BCUT2D eigenvalue weighted by Gasteiger charge is 2.19. The van der Waals surface area contributed by atoms with E-state index in [0.717, 1.165) is 0 Å². The van der Waals surface area contributed by atoms with Gasteiger partial charge in [-0.25, -0.2) is 16.8 Å². The SMILES string of the molecule is CC(C)(C)Oc1ccc(S(=O)(=O)c2ccc(OCCOCCOc3ccc(S(=O)(=O)c4ccc(O)cc4)cc3)cc2)cc1. The molecule has 0 amide bonds. The van der Waals surface area contributed by atoms with E-state index in [1.54, 1.807) is 36.4 Å². The van der Waals surface area contributed by atoms with Crippen LogP contribution in [0.4, 0.5) is 0 Å². The zero-order valence-electron chi connectivity index (χ0n) is 24.1. The molecule has 0 unspecified atom stereocenters. The van der Waals surface area contributed by atoms with Gasteiger partial charge in [0, 0.05) is 0 Å². The van der Waals surface area contributed by atoms with Gasteiger partial charge in [-0.05, 0) is 118 Å². The largest absolute Gasteiger partial charge is 0.508 e. The summed E-state index contributed by atoms with van der Waals surface area (Å²) in [5.74, 6) is 1.59. The van der Waals surface area contributed by atoms with Gasteiger partial charge in [-0.1, -0.05) is 0 Å². The van der Waals surface area contributed by atoms with Gasteiger partial charge in [-0.3, -0.25) is 0 Å². The van der Waals surface area contributed by atoms with Crippen molar-refractivity contribution in [2.45, 2.75) is 46.0 Å². The highest BCUT2D eigenvalue weighted by atomic mass is 32.2. The molecule has 0 atom stereocenters. The summed E-state index contributed by atoms with van der Waals surface area (Å²) in [4.78, 5) is 0.533. The van der Waals surface area contributed by atoms with Crippen LogP contribution in [-0.2, 0) is 24.4 Å². The van der Waals surface area contributed by atoms with Crippen LogP contribution in [-0.4, -0.2) is 54.0 Å². The molecule has 0 aliphatic carbocycles. The summed E-state index contributed by atoms with van der Waals surface area (Å²) in [7, 11) is -7.39. The number of benzene rings is 4. The Morgan fingerprint density at radius 3 is 1.19 bits per heavy atom. The van der Waals surface area contributed by atoms with Crippen molar-refractivity contribution in [2.75, 3.05) is 26.4 Å². The molecule has 0 aromatic heterocycles. The first-order valence-electron chi connectivity index (χ1n) is 13.5. The molecule has 1 N–H and O–H groups in total. The first kappa shape index (κ1) is 31.9. The van der Waals surface area contributed by atoms with Crippen molar-refractivity contribution in [2.24, 2.45) is 0 Å². The molecule has 4 rings (SSSR count). The number of ether oxygens (including phenoxy) is 4. The van der Waals surface area contributed by atoms with Crippen molar-refractivity contribution in [1.82, 2.24) is 0 Å². The molecule has 0 fully saturated rings. The van der Waals surface area contributed by atoms with Crippen LogP contribution in [0, 0.1) is 0 Å². The Hall–Kier alpha value is -4.06. The topological polar surface area (TPSA) is 125 Å². The Morgan fingerprint density at radius 2 is 0.837 bits per heavy atom. The molecule has 4 aromatic rings. The molecule has 0 heterocycles. The molecule has 0 bridgehead atoms. The molecule has 228 valence electrons. The van der Waals surface area contributed by atoms with Crippen molar-refractivity contribution < 1.29 is 40.9 Å². The van der Waals surface area contributed by atoms with Gasteiger partial charge in [-0.15, -0.1) is 0 Å². The van der Waals surface area contributed by atoms with Gasteiger partial charge in [0.15, 0.2) is 0 Å². The van der Waals surface area contributed by atoms with Crippen LogP contribution >= 0.6 is 0 Å². The van der Waals surface area contributed by atoms with Crippen molar-refractivity contribution in [3.8, 4) is 23.0 Å². The van der Waals surface area contributed by atoms with Gasteiger partial charge in [0.25, 0.3) is 0 Å². The number of hydrogen-bond acceptors (Lipinski definition) is 9. The Balaban J connectivity index is 1.17. The van der Waals surface area contributed by atoms with Gasteiger partial charge in [0.1, 0.15) is 41.8 Å². The minimum atomic E-state index is -3.70. The molecule has 0 saturated carbocycles. The van der Waals surface area contributed by atoms with E-state index in [1.807, 2.05) is 20.8 Å². The van der Waals surface area contributed by atoms with Crippen molar-refractivity contribution in [1.29, 1.82) is 0 Å². The van der Waals surface area contributed by atoms with Crippen molar-refractivity contribution >= 4 is 19.7 Å². The molecule has 0 aliphatic heterocycles. The number of phenols is 1. The maximum absolute atomic E-state index is 13.0. The molecule has 0 radical (unpaired) electrons. The summed E-state index contributed by atoms with van der Waals surface area (Å²) in [5.41, 5.74) is -0.381. The van der Waals surface area contributed by atoms with E-state index in [-0.39, 0.29) is 57.4 Å². The molecule has 4 aromatic carbocycles. The molecular weight excluding hydrogens is 592 g/mol. The van der Waals surface area contributed by atoms with E-state index in [1.165, 1.54) is 60.7 Å². The lowest BCUT2D eigenvalue weighted by molar-refractivity contribution is 0.0764. The second kappa shape index (κ2) is 13.5. The van der Waals surface area contributed by atoms with Crippen LogP contribution in [0.5, 0.6) is 23.0 Å². The minimum Gasteiger partial charge on any atom is -0.508 e. The molecule has 0 spiro atoms. The predicted octanol–water partition coefficient (Wildman–Crippen LogP) is 5.71. The molecule has 0 aliphatic rings. The lowest BCUT2D eigenvalue weighted by Crippen LogP contribution is -2.22. The third-order valence-corrected chi connectivity index (χ3v) is 9.54. The number of hydrogen-bond donors (Lipinski definition) is 1. The molecular formula is C32H34O9S2. The summed E-state index contributed by atoms with van der Waals surface area (Å²) >= 11 is 0. The highest BCUT2D eigenvalue weighted by molar-refractivity contribution is 7.91. The lowest BCUT2D eigenvalue weighted by Gasteiger charge is -2.21. The smallest absolute Gasteiger partial charge is 0.206 e. The van der Waals surface area contributed by atoms with Gasteiger partial charge < -0.3 is 24.1 Å². The number of rotatable bonds is 13. The summed E-state index contributed by atoms with van der Waals surface area (Å²) < 4.78 is 73.9. The van der Waals surface area contributed by atoms with Crippen LogP contribution in [0.25, 0.3) is 0 Å². The Bertz CT molecular complexity index is 1690. The van der Waals surface area contributed by atoms with Crippen LogP contribution in [0.3, 0.4) is 0 Å². The standard InChI is InChI=1S/C32H34O9S2/c1-32(2,3)41-27-10-18-31(19-11-27)43(36,37)30-16-8-26(9-17-30)40-23-21-38-20-22-39-25-6-14-29(15-7-25)42(34,35)28-12-4-24(33)5-13-28/h4-19,33H,20-23H2,1-3H3. The highest BCUT2D eigenvalue weighted by Crippen LogP contribution is 2.27. The normalized spacial score (nSPS) is 12.1. The van der Waals surface area contributed by atoms with Gasteiger partial charge in [0.05, 0.1) is 32.8 Å². The maximum Gasteiger partial charge on any atom is 0.206 e. The quantitative estimate of drug-likeness (QED) is 0.186. The average molecular weight is 627 g/mol. The fourth-order valence-corrected chi connectivity index (χ4v) is 6.43. The number of aromatic hydroxyl groups is 1. The van der Waals surface area contributed by atoms with Crippen molar-refractivity contribution in [3.05, 3.63) is 97.1 Å². The van der Waals surface area contributed by atoms with E-state index < -0.39 is 19.7 Å². The Kier molecular flexibility index (Phi) is 10.0. The average Bonchev–Trinajstić information content (AvgIpc) is 2.97. The third-order valence-electron chi connectivity index (χ3n) is 5.97. The Labute approximate surface area is 252 Å². The molecule has 43 heavy (non-hydrogen) atoms. The lowest BCUT2D eigenvalue weighted by atomic mass is 10.2. The van der Waals surface area contributed by atoms with Gasteiger partial charge in [-0.2, -0.15) is 0 Å². The third kappa shape index (κ3) is 8.73. The predicted molar refractivity (Wildman–Crippen MR) is 161 cm³/mol. The van der Waals surface area contributed by atoms with E-state index in [9.17, 15) is 21.9 Å². The van der Waals surface area contributed by atoms with E-state index in [4.69, 9.17) is 18.9 Å². The monoisotopic (exact) mass is 626 g/mol. The summed E-state index contributed by atoms with van der Waals surface area (Å²) in [6.07, 6.45) is 0. The molecule has 0 saturated heterocycles. The van der Waals surface area contributed by atoms with E-state index in [0.29, 0.717) is 17.2 Å². The van der Waals surface area contributed by atoms with Crippen molar-refractivity contribution in [3.63, 3.8) is 0 Å². The summed E-state index contributed by atoms with van der Waals surface area (Å²) in [6, 6.07) is 23.9.